The van der Waals surface area contributed by atoms with Crippen molar-refractivity contribution in [2.45, 2.75) is 57.0 Å². The highest BCUT2D eigenvalue weighted by molar-refractivity contribution is 7.09. The fourth-order valence-electron chi connectivity index (χ4n) is 3.60. The molecule has 0 amide bonds. The molecule has 1 heterocycles. The lowest BCUT2D eigenvalue weighted by Gasteiger charge is -2.41. The summed E-state index contributed by atoms with van der Waals surface area (Å²) < 4.78 is 0. The van der Waals surface area contributed by atoms with Crippen molar-refractivity contribution in [3.8, 4) is 0 Å². The van der Waals surface area contributed by atoms with E-state index in [0.29, 0.717) is 12.0 Å². The fourth-order valence-corrected chi connectivity index (χ4v) is 4.46. The molecule has 2 nitrogen and oxygen atoms in total. The van der Waals surface area contributed by atoms with Gasteiger partial charge in [0.15, 0.2) is 0 Å². The summed E-state index contributed by atoms with van der Waals surface area (Å²) in [6.07, 6.45) is 6.77. The second kappa shape index (κ2) is 6.29. The molecule has 1 aromatic heterocycles. The lowest BCUT2D eigenvalue weighted by atomic mass is 9.74. The number of aromatic nitrogens is 1. The Morgan fingerprint density at radius 2 is 1.90 bits per heavy atom. The first-order valence-corrected chi connectivity index (χ1v) is 8.80. The molecule has 1 aromatic carbocycles. The average molecular weight is 300 g/mol. The van der Waals surface area contributed by atoms with Crippen LogP contribution in [0.5, 0.6) is 0 Å². The summed E-state index contributed by atoms with van der Waals surface area (Å²) in [5, 5.41) is 7.18. The molecular weight excluding hydrogens is 276 g/mol. The number of hydrogen-bond donors (Lipinski definition) is 1. The van der Waals surface area contributed by atoms with Crippen LogP contribution in [0.4, 0.5) is 0 Å². The van der Waals surface area contributed by atoms with Gasteiger partial charge in [-0.15, -0.1) is 11.3 Å². The number of benzene rings is 1. The molecule has 0 radical (unpaired) electrons. The lowest BCUT2D eigenvalue weighted by Crippen LogP contribution is -2.48. The molecule has 1 fully saturated rings. The molecule has 1 N–H and O–H groups in total. The normalized spacial score (nSPS) is 26.1. The van der Waals surface area contributed by atoms with Gasteiger partial charge in [0.05, 0.1) is 5.54 Å². The highest BCUT2D eigenvalue weighted by Gasteiger charge is 2.39. The van der Waals surface area contributed by atoms with Crippen LogP contribution in [0.25, 0.3) is 0 Å². The summed E-state index contributed by atoms with van der Waals surface area (Å²) in [7, 11) is 0. The van der Waals surface area contributed by atoms with Gasteiger partial charge in [-0.2, -0.15) is 0 Å². The largest absolute Gasteiger partial charge is 0.303 e. The van der Waals surface area contributed by atoms with E-state index in [9.17, 15) is 0 Å². The van der Waals surface area contributed by atoms with Crippen molar-refractivity contribution in [1.29, 1.82) is 0 Å². The van der Waals surface area contributed by atoms with E-state index in [1.54, 1.807) is 11.3 Å². The maximum atomic E-state index is 4.62. The second-order valence-corrected chi connectivity index (χ2v) is 7.30. The first-order chi connectivity index (χ1) is 10.2. The van der Waals surface area contributed by atoms with Crippen molar-refractivity contribution < 1.29 is 0 Å². The van der Waals surface area contributed by atoms with Crippen molar-refractivity contribution >= 4 is 11.3 Å². The molecule has 2 aromatic rings. The molecule has 1 aliphatic carbocycles. The zero-order valence-electron chi connectivity index (χ0n) is 12.9. The average Bonchev–Trinajstić information content (AvgIpc) is 3.03. The molecule has 0 atom stereocenters. The van der Waals surface area contributed by atoms with E-state index in [1.165, 1.54) is 36.3 Å². The Bertz CT molecular complexity index is 540. The lowest BCUT2D eigenvalue weighted by molar-refractivity contribution is 0.201. The SMILES string of the molecule is CC(C)NC1(c2nccs2)CCC(c2ccccc2)CC1. The number of thiazole rings is 1. The van der Waals surface area contributed by atoms with E-state index in [1.807, 2.05) is 6.20 Å². The van der Waals surface area contributed by atoms with Gasteiger partial charge in [-0.1, -0.05) is 30.3 Å². The van der Waals surface area contributed by atoms with Crippen LogP contribution in [-0.2, 0) is 5.54 Å². The standard InChI is InChI=1S/C18H24N2S/c1-14(2)20-18(17-19-12-13-21-17)10-8-16(9-11-18)15-6-4-3-5-7-15/h3-7,12-14,16,20H,8-11H2,1-2H3. The minimum Gasteiger partial charge on any atom is -0.303 e. The smallest absolute Gasteiger partial charge is 0.113 e. The third-order valence-corrected chi connectivity index (χ3v) is 5.49. The minimum atomic E-state index is 0.0909. The predicted molar refractivity (Wildman–Crippen MR) is 89.7 cm³/mol. The van der Waals surface area contributed by atoms with E-state index >= 15 is 0 Å². The molecule has 112 valence electrons. The van der Waals surface area contributed by atoms with Crippen LogP contribution in [0.15, 0.2) is 41.9 Å². The summed E-state index contributed by atoms with van der Waals surface area (Å²) in [6.45, 7) is 4.47. The van der Waals surface area contributed by atoms with Gasteiger partial charge >= 0.3 is 0 Å². The summed E-state index contributed by atoms with van der Waals surface area (Å²) in [5.41, 5.74) is 1.59. The number of nitrogens with zero attached hydrogens (tertiary/aromatic N) is 1. The van der Waals surface area contributed by atoms with E-state index in [2.05, 4.69) is 59.9 Å². The predicted octanol–water partition coefficient (Wildman–Crippen LogP) is 4.69. The maximum Gasteiger partial charge on any atom is 0.113 e. The summed E-state index contributed by atoms with van der Waals surface area (Å²) in [5.74, 6) is 0.702. The molecule has 21 heavy (non-hydrogen) atoms. The van der Waals surface area contributed by atoms with Crippen molar-refractivity contribution in [1.82, 2.24) is 10.3 Å². The molecule has 3 rings (SSSR count). The highest BCUT2D eigenvalue weighted by Crippen LogP contribution is 2.44. The first kappa shape index (κ1) is 14.7. The van der Waals surface area contributed by atoms with Crippen molar-refractivity contribution in [3.05, 3.63) is 52.5 Å². The van der Waals surface area contributed by atoms with E-state index in [-0.39, 0.29) is 5.54 Å². The van der Waals surface area contributed by atoms with Crippen molar-refractivity contribution in [3.63, 3.8) is 0 Å². The van der Waals surface area contributed by atoms with Crippen LogP contribution in [0.2, 0.25) is 0 Å². The van der Waals surface area contributed by atoms with Gasteiger partial charge in [0.1, 0.15) is 5.01 Å². The third kappa shape index (κ3) is 3.19. The van der Waals surface area contributed by atoms with Gasteiger partial charge in [0, 0.05) is 17.6 Å². The fraction of sp³-hybridized carbons (Fsp3) is 0.500. The Morgan fingerprint density at radius 3 is 2.48 bits per heavy atom. The minimum absolute atomic E-state index is 0.0909. The van der Waals surface area contributed by atoms with Crippen LogP contribution in [0.1, 0.15) is 56.0 Å². The van der Waals surface area contributed by atoms with E-state index in [4.69, 9.17) is 0 Å². The Kier molecular flexibility index (Phi) is 4.41. The Labute approximate surface area is 131 Å². The third-order valence-electron chi connectivity index (χ3n) is 4.52. The number of nitrogens with one attached hydrogen (secondary N) is 1. The Balaban J connectivity index is 1.77. The van der Waals surface area contributed by atoms with Gasteiger partial charge in [-0.05, 0) is 51.0 Å². The zero-order chi connectivity index (χ0) is 14.7. The van der Waals surface area contributed by atoms with Crippen molar-refractivity contribution in [2.24, 2.45) is 0 Å². The molecular formula is C18H24N2S. The molecule has 1 saturated carbocycles. The van der Waals surface area contributed by atoms with E-state index in [0.717, 1.165) is 0 Å². The highest BCUT2D eigenvalue weighted by atomic mass is 32.1. The second-order valence-electron chi connectivity index (χ2n) is 6.40. The number of rotatable bonds is 4. The monoisotopic (exact) mass is 300 g/mol. The van der Waals surface area contributed by atoms with Crippen LogP contribution in [-0.4, -0.2) is 11.0 Å². The van der Waals surface area contributed by atoms with Crippen molar-refractivity contribution in [2.75, 3.05) is 0 Å². The molecule has 0 saturated heterocycles. The quantitative estimate of drug-likeness (QED) is 0.885. The topological polar surface area (TPSA) is 24.9 Å². The van der Waals surface area contributed by atoms with Gasteiger partial charge in [-0.3, -0.25) is 0 Å². The summed E-state index contributed by atoms with van der Waals surface area (Å²) >= 11 is 1.79. The number of hydrogen-bond acceptors (Lipinski definition) is 3. The van der Waals surface area contributed by atoms with Gasteiger partial charge in [-0.25, -0.2) is 4.98 Å². The molecule has 0 spiro atoms. The maximum absolute atomic E-state index is 4.62. The van der Waals surface area contributed by atoms with Crippen LogP contribution in [0.3, 0.4) is 0 Å². The van der Waals surface area contributed by atoms with Crippen LogP contribution < -0.4 is 5.32 Å². The van der Waals surface area contributed by atoms with Gasteiger partial charge in [0.2, 0.25) is 0 Å². The zero-order valence-corrected chi connectivity index (χ0v) is 13.7. The molecule has 0 aliphatic heterocycles. The summed E-state index contributed by atoms with van der Waals surface area (Å²) in [4.78, 5) is 4.62. The van der Waals surface area contributed by atoms with Crippen LogP contribution >= 0.6 is 11.3 Å². The Morgan fingerprint density at radius 1 is 1.19 bits per heavy atom. The van der Waals surface area contributed by atoms with Gasteiger partial charge < -0.3 is 5.32 Å². The van der Waals surface area contributed by atoms with Gasteiger partial charge in [0.25, 0.3) is 0 Å². The molecule has 3 heteroatoms. The summed E-state index contributed by atoms with van der Waals surface area (Å²) in [6, 6.07) is 11.5. The first-order valence-electron chi connectivity index (χ1n) is 7.92. The molecule has 0 unspecified atom stereocenters. The molecule has 0 bridgehead atoms. The molecule has 1 aliphatic rings. The van der Waals surface area contributed by atoms with Crippen LogP contribution in [0, 0.1) is 0 Å². The van der Waals surface area contributed by atoms with E-state index < -0.39 is 0 Å². The Hall–Kier alpha value is -1.19.